The minimum absolute atomic E-state index is 0.489. The van der Waals surface area contributed by atoms with Crippen molar-refractivity contribution in [3.63, 3.8) is 0 Å². The van der Waals surface area contributed by atoms with Crippen molar-refractivity contribution >= 4 is 5.71 Å². The van der Waals surface area contributed by atoms with Gasteiger partial charge in [-0.05, 0) is 18.3 Å². The lowest BCUT2D eigenvalue weighted by Crippen LogP contribution is -2.53. The summed E-state index contributed by atoms with van der Waals surface area (Å²) in [6.07, 6.45) is 3.64. The van der Waals surface area contributed by atoms with Gasteiger partial charge in [0.2, 0.25) is 0 Å². The maximum atomic E-state index is 6.11. The second-order valence-electron chi connectivity index (χ2n) is 6.61. The number of quaternary nitrogens is 1. The highest BCUT2D eigenvalue weighted by molar-refractivity contribution is 5.82. The molecule has 1 fully saturated rings. The first-order valence-electron chi connectivity index (χ1n) is 5.61. The summed E-state index contributed by atoms with van der Waals surface area (Å²) in [5, 5.41) is 6.11. The molecule has 82 valence electrons. The van der Waals surface area contributed by atoms with E-state index < -0.39 is 0 Å². The van der Waals surface area contributed by atoms with Crippen LogP contribution in [0.5, 0.6) is 0 Å². The van der Waals surface area contributed by atoms with Crippen molar-refractivity contribution in [2.75, 3.05) is 27.7 Å². The first-order valence-corrected chi connectivity index (χ1v) is 5.61. The maximum absolute atomic E-state index is 6.11. The topological polar surface area (TPSA) is 25.6 Å². The van der Waals surface area contributed by atoms with E-state index in [0.29, 0.717) is 11.3 Å². The predicted octanol–water partition coefficient (Wildman–Crippen LogP) is 0.719. The third-order valence-corrected chi connectivity index (χ3v) is 3.18. The number of nitrogens with zero attached hydrogens (tertiary/aromatic N) is 1. The zero-order valence-electron chi connectivity index (χ0n) is 10.4. The molecule has 14 heavy (non-hydrogen) atoms. The Balaban J connectivity index is 2.62. The summed E-state index contributed by atoms with van der Waals surface area (Å²) in [5.41, 5.74) is 1.72. The van der Waals surface area contributed by atoms with Gasteiger partial charge in [-0.2, -0.15) is 0 Å². The molecule has 1 saturated carbocycles. The standard InChI is InChI=1S/C12H25N2/c1-12(2)7-6-11(13)10(8-12)9-14(3,4)5/h10,13H,6-9H2,1-5H3/q+1/p+1. The van der Waals surface area contributed by atoms with E-state index in [4.69, 9.17) is 5.41 Å². The highest BCUT2D eigenvalue weighted by Gasteiger charge is 2.37. The van der Waals surface area contributed by atoms with Gasteiger partial charge in [-0.25, -0.2) is 0 Å². The highest BCUT2D eigenvalue weighted by atomic mass is 15.3. The van der Waals surface area contributed by atoms with Gasteiger partial charge in [-0.3, -0.25) is 5.41 Å². The van der Waals surface area contributed by atoms with E-state index in [1.54, 1.807) is 0 Å². The number of rotatable bonds is 2. The Morgan fingerprint density at radius 3 is 2.43 bits per heavy atom. The monoisotopic (exact) mass is 198 g/mol. The minimum atomic E-state index is 0.489. The molecule has 0 spiro atoms. The molecule has 2 heteroatoms. The summed E-state index contributed by atoms with van der Waals surface area (Å²) in [4.78, 5) is 0. The molecule has 1 aliphatic carbocycles. The summed E-state index contributed by atoms with van der Waals surface area (Å²) in [7, 11) is 6.73. The summed E-state index contributed by atoms with van der Waals surface area (Å²) >= 11 is 0. The van der Waals surface area contributed by atoms with E-state index in [0.717, 1.165) is 10.9 Å². The molecular weight excluding hydrogens is 172 g/mol. The zero-order chi connectivity index (χ0) is 11.0. The summed E-state index contributed by atoms with van der Waals surface area (Å²) < 4.78 is 1.02. The van der Waals surface area contributed by atoms with Gasteiger partial charge < -0.3 is 4.48 Å². The first kappa shape index (κ1) is 11.7. The normalized spacial score (nSPS) is 27.8. The molecule has 1 atom stereocenters. The molecular formula is C12H26N2+2. The highest BCUT2D eigenvalue weighted by Crippen LogP contribution is 2.36. The van der Waals surface area contributed by atoms with Gasteiger partial charge in [0.05, 0.1) is 33.6 Å². The van der Waals surface area contributed by atoms with Crippen molar-refractivity contribution in [3.8, 4) is 0 Å². The molecule has 0 amide bonds. The summed E-state index contributed by atoms with van der Waals surface area (Å²) in [5.74, 6) is 0.624. The molecule has 1 unspecified atom stereocenters. The molecule has 2 nitrogen and oxygen atoms in total. The van der Waals surface area contributed by atoms with Crippen LogP contribution in [0, 0.1) is 11.3 Å². The average molecular weight is 198 g/mol. The summed E-state index contributed by atoms with van der Waals surface area (Å²) in [6, 6.07) is 0. The quantitative estimate of drug-likeness (QED) is 0.633. The molecule has 2 N–H and O–H groups in total. The fourth-order valence-electron chi connectivity index (χ4n) is 2.43. The molecule has 0 bridgehead atoms. The largest absolute Gasteiger partial charge is 0.330 e. The number of hydrogen-bond donors (Lipinski definition) is 1. The van der Waals surface area contributed by atoms with Crippen LogP contribution in [0.15, 0.2) is 0 Å². The van der Waals surface area contributed by atoms with Gasteiger partial charge in [0.15, 0.2) is 5.71 Å². The van der Waals surface area contributed by atoms with Crippen LogP contribution < -0.4 is 5.41 Å². The van der Waals surface area contributed by atoms with Gasteiger partial charge in [-0.1, -0.05) is 13.8 Å². The fraction of sp³-hybridized carbons (Fsp3) is 0.917. The van der Waals surface area contributed by atoms with Crippen molar-refractivity contribution in [2.24, 2.45) is 11.3 Å². The lowest BCUT2D eigenvalue weighted by molar-refractivity contribution is -0.872. The van der Waals surface area contributed by atoms with Gasteiger partial charge >= 0.3 is 0 Å². The molecule has 0 aromatic carbocycles. The Kier molecular flexibility index (Phi) is 3.05. The van der Waals surface area contributed by atoms with Gasteiger partial charge in [0, 0.05) is 6.42 Å². The van der Waals surface area contributed by atoms with E-state index >= 15 is 0 Å². The molecule has 0 saturated heterocycles. The van der Waals surface area contributed by atoms with Crippen LogP contribution in [0.1, 0.15) is 33.1 Å². The summed E-state index contributed by atoms with van der Waals surface area (Å²) in [6.45, 7) is 5.90. The van der Waals surface area contributed by atoms with Crippen LogP contribution in [0.4, 0.5) is 0 Å². The fourth-order valence-corrected chi connectivity index (χ4v) is 2.43. The molecule has 0 radical (unpaired) electrons. The second-order valence-corrected chi connectivity index (χ2v) is 6.61. The maximum Gasteiger partial charge on any atom is 0.157 e. The van der Waals surface area contributed by atoms with Crippen LogP contribution in [0.25, 0.3) is 0 Å². The van der Waals surface area contributed by atoms with E-state index in [9.17, 15) is 0 Å². The Hall–Kier alpha value is -0.370. The van der Waals surface area contributed by atoms with Crippen LogP contribution >= 0.6 is 0 Å². The van der Waals surface area contributed by atoms with Crippen LogP contribution in [0.2, 0.25) is 0 Å². The average Bonchev–Trinajstić information content (AvgIpc) is 1.93. The van der Waals surface area contributed by atoms with Crippen LogP contribution in [0.3, 0.4) is 0 Å². The smallest absolute Gasteiger partial charge is 0.157 e. The molecule has 0 aliphatic heterocycles. The van der Waals surface area contributed by atoms with E-state index in [-0.39, 0.29) is 0 Å². The van der Waals surface area contributed by atoms with Crippen molar-refractivity contribution in [2.45, 2.75) is 33.1 Å². The van der Waals surface area contributed by atoms with Gasteiger partial charge in [0.1, 0.15) is 0 Å². The van der Waals surface area contributed by atoms with Crippen molar-refractivity contribution < 1.29 is 9.89 Å². The van der Waals surface area contributed by atoms with Gasteiger partial charge in [0.25, 0.3) is 0 Å². The third kappa shape index (κ3) is 3.41. The number of nitrogens with two attached hydrogens (primary N) is 1. The Morgan fingerprint density at radius 1 is 1.36 bits per heavy atom. The van der Waals surface area contributed by atoms with Crippen molar-refractivity contribution in [1.82, 2.24) is 0 Å². The zero-order valence-corrected chi connectivity index (χ0v) is 10.4. The molecule has 1 aliphatic rings. The van der Waals surface area contributed by atoms with E-state index in [1.165, 1.54) is 25.1 Å². The Morgan fingerprint density at radius 2 is 1.93 bits per heavy atom. The molecule has 0 heterocycles. The van der Waals surface area contributed by atoms with E-state index in [2.05, 4.69) is 35.0 Å². The van der Waals surface area contributed by atoms with Gasteiger partial charge in [-0.15, -0.1) is 0 Å². The van der Waals surface area contributed by atoms with E-state index in [1.807, 2.05) is 0 Å². The first-order chi connectivity index (χ1) is 6.20. The second kappa shape index (κ2) is 3.65. The minimum Gasteiger partial charge on any atom is -0.330 e. The molecule has 0 aromatic heterocycles. The Labute approximate surface area is 88.4 Å². The lowest BCUT2D eigenvalue weighted by Gasteiger charge is -2.36. The Bertz CT molecular complexity index is 221. The molecule has 0 aromatic rings. The molecule has 1 rings (SSSR count). The predicted molar refractivity (Wildman–Crippen MR) is 61.0 cm³/mol. The SMILES string of the molecule is CC1(C)CCC(=[NH2+])C(C[N+](C)(C)C)C1. The van der Waals surface area contributed by atoms with Crippen LogP contribution in [-0.2, 0) is 0 Å². The van der Waals surface area contributed by atoms with Crippen molar-refractivity contribution in [1.29, 1.82) is 0 Å². The number of hydrogen-bond acceptors (Lipinski definition) is 0. The van der Waals surface area contributed by atoms with Crippen LogP contribution in [-0.4, -0.2) is 37.9 Å². The lowest BCUT2D eigenvalue weighted by atomic mass is 9.71. The third-order valence-electron chi connectivity index (χ3n) is 3.18. The van der Waals surface area contributed by atoms with Crippen molar-refractivity contribution in [3.05, 3.63) is 0 Å².